The minimum atomic E-state index is -0.0265. The van der Waals surface area contributed by atoms with Gasteiger partial charge >= 0.3 is 6.03 Å². The molecule has 4 rings (SSSR count). The Kier molecular flexibility index (Phi) is 7.08. The average Bonchev–Trinajstić information content (AvgIpc) is 3.17. The number of nitrogens with one attached hydrogen (secondary N) is 2. The number of aromatic nitrogens is 3. The zero-order valence-electron chi connectivity index (χ0n) is 18.3. The summed E-state index contributed by atoms with van der Waals surface area (Å²) < 4.78 is 13.0. The molecule has 1 fully saturated rings. The Bertz CT molecular complexity index is 908. The highest BCUT2D eigenvalue weighted by Gasteiger charge is 2.23. The van der Waals surface area contributed by atoms with Gasteiger partial charge in [-0.05, 0) is 39.0 Å². The Morgan fingerprint density at radius 3 is 2.81 bits per heavy atom. The van der Waals surface area contributed by atoms with Crippen LogP contribution in [0.2, 0.25) is 0 Å². The van der Waals surface area contributed by atoms with Gasteiger partial charge < -0.3 is 30.8 Å². The fraction of sp³-hybridized carbons (Fsp3) is 0.667. The zero-order valence-corrected chi connectivity index (χ0v) is 18.3. The third kappa shape index (κ3) is 4.85. The van der Waals surface area contributed by atoms with Crippen molar-refractivity contribution < 1.29 is 14.3 Å². The van der Waals surface area contributed by atoms with Crippen LogP contribution in [0.5, 0.6) is 0 Å². The SMILES string of the molecule is CCOCc1nc2c(N)nc3c(c2n1NCCCNC(=O)N1CCOCC1)CCCC3. The Balaban J connectivity index is 1.44. The molecule has 31 heavy (non-hydrogen) atoms. The van der Waals surface area contributed by atoms with Gasteiger partial charge in [0.1, 0.15) is 12.1 Å². The van der Waals surface area contributed by atoms with Crippen LogP contribution in [0.4, 0.5) is 10.6 Å². The summed E-state index contributed by atoms with van der Waals surface area (Å²) in [7, 11) is 0. The molecular formula is C21H33N7O3. The van der Waals surface area contributed by atoms with E-state index >= 15 is 0 Å². The molecule has 2 amide bonds. The number of hydrogen-bond donors (Lipinski definition) is 3. The number of morpholine rings is 1. The van der Waals surface area contributed by atoms with Gasteiger partial charge in [0.15, 0.2) is 11.6 Å². The van der Waals surface area contributed by atoms with Crippen molar-refractivity contribution in [2.24, 2.45) is 0 Å². The first-order chi connectivity index (χ1) is 15.2. The summed E-state index contributed by atoms with van der Waals surface area (Å²) in [6.45, 7) is 6.77. The van der Waals surface area contributed by atoms with Crippen LogP contribution in [0, 0.1) is 0 Å². The quantitative estimate of drug-likeness (QED) is 0.541. The number of carbonyl (C=O) groups excluding carboxylic acids is 1. The molecule has 3 heterocycles. The number of carbonyl (C=O) groups is 1. The first kappa shape index (κ1) is 21.6. The molecule has 0 bridgehead atoms. The molecule has 10 heteroatoms. The van der Waals surface area contributed by atoms with Crippen molar-refractivity contribution in [2.75, 3.05) is 57.2 Å². The Morgan fingerprint density at radius 2 is 2.00 bits per heavy atom. The number of ether oxygens (including phenoxy) is 2. The average molecular weight is 432 g/mol. The molecule has 0 spiro atoms. The molecule has 0 aromatic carbocycles. The third-order valence-corrected chi connectivity index (χ3v) is 5.80. The molecular weight excluding hydrogens is 398 g/mol. The van der Waals surface area contributed by atoms with E-state index in [2.05, 4.69) is 15.7 Å². The number of nitrogens with two attached hydrogens (primary N) is 1. The summed E-state index contributed by atoms with van der Waals surface area (Å²) in [6, 6.07) is -0.0265. The molecule has 1 saturated heterocycles. The molecule has 0 radical (unpaired) electrons. The smallest absolute Gasteiger partial charge is 0.317 e. The summed E-state index contributed by atoms with van der Waals surface area (Å²) >= 11 is 0. The number of rotatable bonds is 8. The van der Waals surface area contributed by atoms with E-state index in [1.54, 1.807) is 4.90 Å². The standard InChI is InChI=1S/C21H33N7O3/c1-2-30-14-17-26-18-19(15-6-3-4-7-16(15)25-20(18)22)28(17)24-9-5-8-23-21(29)27-10-12-31-13-11-27/h24H,2-14H2,1H3,(H2,22,25)(H,23,29). The Hall–Kier alpha value is -2.59. The van der Waals surface area contributed by atoms with E-state index in [4.69, 9.17) is 20.2 Å². The number of imidazole rings is 1. The number of amides is 2. The van der Waals surface area contributed by atoms with Crippen molar-refractivity contribution in [2.45, 2.75) is 45.6 Å². The normalized spacial score (nSPS) is 16.4. The van der Waals surface area contributed by atoms with Crippen LogP contribution in [0.3, 0.4) is 0 Å². The van der Waals surface area contributed by atoms with E-state index in [1.807, 2.05) is 11.6 Å². The first-order valence-electron chi connectivity index (χ1n) is 11.3. The Morgan fingerprint density at radius 1 is 1.19 bits per heavy atom. The van der Waals surface area contributed by atoms with Crippen LogP contribution < -0.4 is 16.5 Å². The first-order valence-corrected chi connectivity index (χ1v) is 11.3. The molecule has 0 saturated carbocycles. The number of nitrogens with zero attached hydrogens (tertiary/aromatic N) is 4. The lowest BCUT2D eigenvalue weighted by atomic mass is 9.95. The van der Waals surface area contributed by atoms with E-state index in [-0.39, 0.29) is 6.03 Å². The maximum absolute atomic E-state index is 12.2. The summed E-state index contributed by atoms with van der Waals surface area (Å²) in [5, 5.41) is 2.99. The maximum atomic E-state index is 12.2. The highest BCUT2D eigenvalue weighted by molar-refractivity contribution is 5.89. The molecule has 0 unspecified atom stereocenters. The molecule has 1 aliphatic carbocycles. The maximum Gasteiger partial charge on any atom is 0.317 e. The minimum absolute atomic E-state index is 0.0265. The number of aryl methyl sites for hydroxylation is 2. The zero-order chi connectivity index (χ0) is 21.6. The predicted octanol–water partition coefficient (Wildman–Crippen LogP) is 1.40. The molecule has 170 valence electrons. The second kappa shape index (κ2) is 10.1. The van der Waals surface area contributed by atoms with E-state index in [9.17, 15) is 4.79 Å². The van der Waals surface area contributed by atoms with Gasteiger partial charge in [-0.1, -0.05) is 0 Å². The summed E-state index contributed by atoms with van der Waals surface area (Å²) in [4.78, 5) is 23.4. The molecule has 2 aliphatic rings. The third-order valence-electron chi connectivity index (χ3n) is 5.80. The van der Waals surface area contributed by atoms with Gasteiger partial charge in [0.05, 0.1) is 18.7 Å². The topological polar surface area (TPSA) is 120 Å². The van der Waals surface area contributed by atoms with Crippen LogP contribution in [0.25, 0.3) is 11.0 Å². The van der Waals surface area contributed by atoms with Crippen molar-refractivity contribution in [1.29, 1.82) is 0 Å². The van der Waals surface area contributed by atoms with Gasteiger partial charge in [0.2, 0.25) is 0 Å². The van der Waals surface area contributed by atoms with Gasteiger partial charge in [-0.3, -0.25) is 0 Å². The summed E-state index contributed by atoms with van der Waals surface area (Å²) in [5.74, 6) is 1.27. The van der Waals surface area contributed by atoms with Crippen molar-refractivity contribution in [1.82, 2.24) is 24.9 Å². The number of pyridine rings is 1. The van der Waals surface area contributed by atoms with Crippen molar-refractivity contribution in [3.05, 3.63) is 17.1 Å². The monoisotopic (exact) mass is 431 g/mol. The number of fused-ring (bicyclic) bond motifs is 3. The number of nitrogen functional groups attached to an aromatic ring is 1. The predicted molar refractivity (Wildman–Crippen MR) is 119 cm³/mol. The lowest BCUT2D eigenvalue weighted by Gasteiger charge is -2.27. The van der Waals surface area contributed by atoms with Crippen LogP contribution in [-0.4, -0.2) is 71.6 Å². The van der Waals surface area contributed by atoms with Gasteiger partial charge in [-0.2, -0.15) is 0 Å². The summed E-state index contributed by atoms with van der Waals surface area (Å²) in [6.07, 6.45) is 5.01. The second-order valence-corrected chi connectivity index (χ2v) is 7.92. The van der Waals surface area contributed by atoms with Crippen LogP contribution in [0.1, 0.15) is 43.3 Å². The highest BCUT2D eigenvalue weighted by Crippen LogP contribution is 2.31. The Labute approximate surface area is 182 Å². The summed E-state index contributed by atoms with van der Waals surface area (Å²) in [5.41, 5.74) is 13.8. The van der Waals surface area contributed by atoms with Gasteiger partial charge in [0, 0.05) is 44.0 Å². The fourth-order valence-electron chi connectivity index (χ4n) is 4.20. The lowest BCUT2D eigenvalue weighted by molar-refractivity contribution is 0.0532. The largest absolute Gasteiger partial charge is 0.382 e. The molecule has 2 aromatic heterocycles. The second-order valence-electron chi connectivity index (χ2n) is 7.92. The van der Waals surface area contributed by atoms with Gasteiger partial charge in [0.25, 0.3) is 0 Å². The van der Waals surface area contributed by atoms with E-state index in [0.29, 0.717) is 58.4 Å². The molecule has 0 atom stereocenters. The van der Waals surface area contributed by atoms with Gasteiger partial charge in [-0.15, -0.1) is 0 Å². The van der Waals surface area contributed by atoms with E-state index in [1.165, 1.54) is 5.56 Å². The molecule has 2 aromatic rings. The lowest BCUT2D eigenvalue weighted by Crippen LogP contribution is -2.46. The van der Waals surface area contributed by atoms with Crippen LogP contribution in [0.15, 0.2) is 0 Å². The van der Waals surface area contributed by atoms with Crippen molar-refractivity contribution in [3.63, 3.8) is 0 Å². The van der Waals surface area contributed by atoms with Crippen LogP contribution >= 0.6 is 0 Å². The fourth-order valence-corrected chi connectivity index (χ4v) is 4.20. The number of anilines is 1. The molecule has 1 aliphatic heterocycles. The number of hydrogen-bond acceptors (Lipinski definition) is 7. The number of urea groups is 1. The van der Waals surface area contributed by atoms with Gasteiger partial charge in [-0.25, -0.2) is 19.4 Å². The van der Waals surface area contributed by atoms with Crippen molar-refractivity contribution >= 4 is 22.9 Å². The van der Waals surface area contributed by atoms with Crippen LogP contribution in [-0.2, 0) is 28.9 Å². The molecule has 4 N–H and O–H groups in total. The van der Waals surface area contributed by atoms with Crippen molar-refractivity contribution in [3.8, 4) is 0 Å². The minimum Gasteiger partial charge on any atom is -0.382 e. The molecule has 10 nitrogen and oxygen atoms in total. The highest BCUT2D eigenvalue weighted by atomic mass is 16.5. The van der Waals surface area contributed by atoms with E-state index < -0.39 is 0 Å². The van der Waals surface area contributed by atoms with E-state index in [0.717, 1.165) is 54.7 Å².